The Morgan fingerprint density at radius 2 is 2.00 bits per heavy atom. The minimum Gasteiger partial charge on any atom is -0.395 e. The van der Waals surface area contributed by atoms with Gasteiger partial charge < -0.3 is 5.73 Å². The smallest absolute Gasteiger partial charge is 0.122 e. The van der Waals surface area contributed by atoms with Gasteiger partial charge >= 0.3 is 0 Å². The molecule has 20 heavy (non-hydrogen) atoms. The lowest BCUT2D eigenvalue weighted by Gasteiger charge is -2.11. The number of anilines is 1. The second kappa shape index (κ2) is 5.17. The Balaban J connectivity index is 1.95. The molecule has 0 amide bonds. The second-order valence-electron chi connectivity index (χ2n) is 5.73. The summed E-state index contributed by atoms with van der Waals surface area (Å²) in [7, 11) is 0. The zero-order valence-electron chi connectivity index (χ0n) is 12.3. The maximum absolute atomic E-state index is 6.20. The molecule has 1 heterocycles. The molecule has 0 bridgehead atoms. The van der Waals surface area contributed by atoms with Gasteiger partial charge in [0, 0.05) is 10.9 Å². The molecular weight excluding hydrogens is 266 g/mol. The zero-order valence-corrected chi connectivity index (χ0v) is 13.1. The van der Waals surface area contributed by atoms with E-state index in [-0.39, 0.29) is 0 Å². The molecule has 0 saturated carbocycles. The number of benzene rings is 1. The first-order valence-corrected chi connectivity index (χ1v) is 8.02. The number of nitrogens with two attached hydrogens (primary N) is 1. The molecule has 1 aliphatic rings. The average molecular weight is 287 g/mol. The molecule has 0 atom stereocenters. The van der Waals surface area contributed by atoms with Crippen LogP contribution in [0.15, 0.2) is 28.1 Å². The summed E-state index contributed by atoms with van der Waals surface area (Å²) < 4.78 is 2.03. The summed E-state index contributed by atoms with van der Waals surface area (Å²) in [6.45, 7) is 6.25. The van der Waals surface area contributed by atoms with Gasteiger partial charge in [0.1, 0.15) is 5.03 Å². The van der Waals surface area contributed by atoms with Gasteiger partial charge in [-0.1, -0.05) is 17.8 Å². The standard InChI is InChI=1S/C16H21N3S/c1-10(2)19-16(15(17)11(3)18-19)20-14-8-7-12-5-4-6-13(12)9-14/h7-10H,4-6,17H2,1-3H3. The van der Waals surface area contributed by atoms with Gasteiger partial charge in [0.15, 0.2) is 0 Å². The minimum atomic E-state index is 0.322. The number of nitrogen functional groups attached to an aromatic ring is 1. The minimum absolute atomic E-state index is 0.322. The molecule has 2 aromatic rings. The third-order valence-corrected chi connectivity index (χ3v) is 4.95. The molecular formula is C16H21N3S. The monoisotopic (exact) mass is 287 g/mol. The Labute approximate surface area is 124 Å². The largest absolute Gasteiger partial charge is 0.395 e. The van der Waals surface area contributed by atoms with Gasteiger partial charge in [-0.05, 0) is 63.3 Å². The van der Waals surface area contributed by atoms with E-state index in [1.165, 1.54) is 35.3 Å². The van der Waals surface area contributed by atoms with E-state index >= 15 is 0 Å². The van der Waals surface area contributed by atoms with Crippen LogP contribution < -0.4 is 5.73 Å². The Bertz CT molecular complexity index is 643. The summed E-state index contributed by atoms with van der Waals surface area (Å²) in [6, 6.07) is 7.12. The first-order valence-electron chi connectivity index (χ1n) is 7.20. The van der Waals surface area contributed by atoms with Crippen LogP contribution >= 0.6 is 11.8 Å². The highest BCUT2D eigenvalue weighted by molar-refractivity contribution is 7.99. The highest BCUT2D eigenvalue weighted by Crippen LogP contribution is 2.37. The van der Waals surface area contributed by atoms with Gasteiger partial charge in [0.25, 0.3) is 0 Å². The van der Waals surface area contributed by atoms with Gasteiger partial charge in [0.2, 0.25) is 0 Å². The number of rotatable bonds is 3. The predicted molar refractivity (Wildman–Crippen MR) is 84.4 cm³/mol. The second-order valence-corrected chi connectivity index (χ2v) is 6.79. The van der Waals surface area contributed by atoms with Crippen LogP contribution in [0.5, 0.6) is 0 Å². The number of nitrogens with zero attached hydrogens (tertiary/aromatic N) is 2. The lowest BCUT2D eigenvalue weighted by molar-refractivity contribution is 0.491. The molecule has 3 rings (SSSR count). The first-order chi connectivity index (χ1) is 9.56. The van der Waals surface area contributed by atoms with E-state index in [0.717, 1.165) is 16.4 Å². The number of fused-ring (bicyclic) bond motifs is 1. The number of aryl methyl sites for hydroxylation is 3. The first kappa shape index (κ1) is 13.6. The molecule has 0 aliphatic heterocycles. The van der Waals surface area contributed by atoms with Crippen LogP contribution in [-0.4, -0.2) is 9.78 Å². The molecule has 0 fully saturated rings. The lowest BCUT2D eigenvalue weighted by Crippen LogP contribution is -2.04. The van der Waals surface area contributed by atoms with Crippen molar-refractivity contribution in [1.82, 2.24) is 9.78 Å². The Morgan fingerprint density at radius 1 is 1.25 bits per heavy atom. The average Bonchev–Trinajstić information content (AvgIpc) is 2.98. The van der Waals surface area contributed by atoms with Gasteiger partial charge in [-0.25, -0.2) is 0 Å². The summed E-state index contributed by atoms with van der Waals surface area (Å²) in [5, 5.41) is 5.61. The molecule has 2 N–H and O–H groups in total. The maximum atomic E-state index is 6.20. The van der Waals surface area contributed by atoms with Crippen molar-refractivity contribution in [2.75, 3.05) is 5.73 Å². The van der Waals surface area contributed by atoms with Crippen molar-refractivity contribution in [2.24, 2.45) is 0 Å². The van der Waals surface area contributed by atoms with Crippen molar-refractivity contribution >= 4 is 17.4 Å². The van der Waals surface area contributed by atoms with Crippen LogP contribution in [0, 0.1) is 6.92 Å². The Hall–Kier alpha value is -1.42. The van der Waals surface area contributed by atoms with E-state index in [1.54, 1.807) is 11.8 Å². The third kappa shape index (κ3) is 2.33. The van der Waals surface area contributed by atoms with Crippen LogP contribution in [-0.2, 0) is 12.8 Å². The molecule has 1 aromatic carbocycles. The van der Waals surface area contributed by atoms with Gasteiger partial charge in [-0.3, -0.25) is 4.68 Å². The quantitative estimate of drug-likeness (QED) is 0.928. The fourth-order valence-electron chi connectivity index (χ4n) is 2.71. The van der Waals surface area contributed by atoms with E-state index in [4.69, 9.17) is 5.73 Å². The normalized spacial score (nSPS) is 14.0. The van der Waals surface area contributed by atoms with Crippen molar-refractivity contribution in [3.8, 4) is 0 Å². The fraction of sp³-hybridized carbons (Fsp3) is 0.438. The molecule has 106 valence electrons. The summed E-state index contributed by atoms with van der Waals surface area (Å²) in [5.74, 6) is 0. The van der Waals surface area contributed by atoms with E-state index in [2.05, 4.69) is 37.1 Å². The fourth-order valence-corrected chi connectivity index (χ4v) is 3.88. The van der Waals surface area contributed by atoms with Crippen LogP contribution in [0.1, 0.15) is 43.1 Å². The van der Waals surface area contributed by atoms with E-state index in [1.807, 2.05) is 11.6 Å². The van der Waals surface area contributed by atoms with Crippen molar-refractivity contribution < 1.29 is 0 Å². The maximum Gasteiger partial charge on any atom is 0.122 e. The number of hydrogen-bond acceptors (Lipinski definition) is 3. The summed E-state index contributed by atoms with van der Waals surface area (Å²) in [4.78, 5) is 1.26. The predicted octanol–water partition coefficient (Wildman–Crippen LogP) is 3.99. The molecule has 0 saturated heterocycles. The van der Waals surface area contributed by atoms with Gasteiger partial charge in [-0.15, -0.1) is 0 Å². The van der Waals surface area contributed by atoms with Gasteiger partial charge in [-0.2, -0.15) is 5.10 Å². The Kier molecular flexibility index (Phi) is 3.50. The van der Waals surface area contributed by atoms with Gasteiger partial charge in [0.05, 0.1) is 11.4 Å². The summed E-state index contributed by atoms with van der Waals surface area (Å²) in [6.07, 6.45) is 3.72. The third-order valence-electron chi connectivity index (χ3n) is 3.86. The molecule has 1 aliphatic carbocycles. The van der Waals surface area contributed by atoms with E-state index in [9.17, 15) is 0 Å². The zero-order chi connectivity index (χ0) is 14.3. The van der Waals surface area contributed by atoms with E-state index in [0.29, 0.717) is 6.04 Å². The van der Waals surface area contributed by atoms with Crippen LogP contribution in [0.2, 0.25) is 0 Å². The lowest BCUT2D eigenvalue weighted by atomic mass is 10.1. The highest BCUT2D eigenvalue weighted by Gasteiger charge is 2.17. The SMILES string of the molecule is Cc1nn(C(C)C)c(Sc2ccc3c(c2)CCC3)c1N. The molecule has 0 unspecified atom stereocenters. The molecule has 3 nitrogen and oxygen atoms in total. The molecule has 0 radical (unpaired) electrons. The highest BCUT2D eigenvalue weighted by atomic mass is 32.2. The van der Waals surface area contributed by atoms with Crippen LogP contribution in [0.25, 0.3) is 0 Å². The molecule has 4 heteroatoms. The van der Waals surface area contributed by atoms with Crippen molar-refractivity contribution in [2.45, 2.75) is 56.0 Å². The topological polar surface area (TPSA) is 43.8 Å². The molecule has 0 spiro atoms. The van der Waals surface area contributed by atoms with E-state index < -0.39 is 0 Å². The summed E-state index contributed by atoms with van der Waals surface area (Å²) >= 11 is 1.73. The van der Waals surface area contributed by atoms with Crippen LogP contribution in [0.3, 0.4) is 0 Å². The number of hydrogen-bond donors (Lipinski definition) is 1. The van der Waals surface area contributed by atoms with Crippen molar-refractivity contribution in [1.29, 1.82) is 0 Å². The number of aromatic nitrogens is 2. The van der Waals surface area contributed by atoms with Crippen LogP contribution in [0.4, 0.5) is 5.69 Å². The van der Waals surface area contributed by atoms with Crippen molar-refractivity contribution in [3.63, 3.8) is 0 Å². The molecule has 1 aromatic heterocycles. The summed E-state index contributed by atoms with van der Waals surface area (Å²) in [5.41, 5.74) is 10.9. The van der Waals surface area contributed by atoms with Crippen molar-refractivity contribution in [3.05, 3.63) is 35.0 Å². The Morgan fingerprint density at radius 3 is 2.75 bits per heavy atom.